The first kappa shape index (κ1) is 10.2. The number of rotatable bonds is 2. The summed E-state index contributed by atoms with van der Waals surface area (Å²) in [7, 11) is 0. The Bertz CT molecular complexity index is 272. The van der Waals surface area contributed by atoms with Crippen LogP contribution in [0.3, 0.4) is 0 Å². The van der Waals surface area contributed by atoms with Crippen molar-refractivity contribution in [3.05, 3.63) is 35.9 Å². The molecule has 2 N–H and O–H groups in total. The second-order valence-electron chi connectivity index (χ2n) is 4.09. The Morgan fingerprint density at radius 2 is 1.54 bits per heavy atom. The summed E-state index contributed by atoms with van der Waals surface area (Å²) in [5, 5.41) is 0. The Hall–Kier alpha value is -0.890. The molecular weight excluding hydrogens is 165 g/mol. The van der Waals surface area contributed by atoms with Gasteiger partial charge in [-0.05, 0) is 26.3 Å². The van der Waals surface area contributed by atoms with Crippen molar-refractivity contribution in [3.8, 4) is 0 Å². The van der Waals surface area contributed by atoms with Crippen molar-refractivity contribution in [2.45, 2.75) is 32.0 Å². The van der Waals surface area contributed by atoms with Crippen molar-refractivity contribution in [1.82, 2.24) is 0 Å². The number of alkyl halides is 1. The van der Waals surface area contributed by atoms with Crippen molar-refractivity contribution in [2.24, 2.45) is 5.73 Å². The summed E-state index contributed by atoms with van der Waals surface area (Å²) >= 11 is 0. The van der Waals surface area contributed by atoms with Gasteiger partial charge in [-0.2, -0.15) is 0 Å². The molecule has 0 bridgehead atoms. The maximum atomic E-state index is 14.2. The zero-order chi connectivity index (χ0) is 10.1. The number of hydrogen-bond donors (Lipinski definition) is 1. The van der Waals surface area contributed by atoms with E-state index in [4.69, 9.17) is 5.73 Å². The minimum Gasteiger partial charge on any atom is -0.323 e. The molecule has 1 rings (SSSR count). The smallest absolute Gasteiger partial charge is 0.150 e. The molecular formula is C11H16FN. The van der Waals surface area contributed by atoms with E-state index < -0.39 is 11.2 Å². The molecule has 72 valence electrons. The lowest BCUT2D eigenvalue weighted by molar-refractivity contribution is 0.0955. The lowest BCUT2D eigenvalue weighted by atomic mass is 9.81. The average Bonchev–Trinajstić information content (AvgIpc) is 2.04. The standard InChI is InChI=1S/C11H16FN/c1-10(2,13)11(3,12)9-7-5-4-6-8-9/h4-8H,13H2,1-3H3. The van der Waals surface area contributed by atoms with E-state index in [0.29, 0.717) is 5.56 Å². The summed E-state index contributed by atoms with van der Waals surface area (Å²) in [5.74, 6) is 0. The van der Waals surface area contributed by atoms with Crippen LogP contribution in [0.5, 0.6) is 0 Å². The highest BCUT2D eigenvalue weighted by Gasteiger charge is 2.39. The van der Waals surface area contributed by atoms with Crippen molar-refractivity contribution >= 4 is 0 Å². The highest BCUT2D eigenvalue weighted by Crippen LogP contribution is 2.34. The zero-order valence-electron chi connectivity index (χ0n) is 8.34. The molecule has 0 aliphatic rings. The van der Waals surface area contributed by atoms with E-state index in [-0.39, 0.29) is 0 Å². The zero-order valence-corrected chi connectivity index (χ0v) is 8.34. The molecule has 0 fully saturated rings. The van der Waals surface area contributed by atoms with Gasteiger partial charge in [0.25, 0.3) is 0 Å². The van der Waals surface area contributed by atoms with Crippen molar-refractivity contribution in [2.75, 3.05) is 0 Å². The quantitative estimate of drug-likeness (QED) is 0.745. The third-order valence-electron chi connectivity index (χ3n) is 2.53. The van der Waals surface area contributed by atoms with Gasteiger partial charge in [-0.3, -0.25) is 0 Å². The maximum absolute atomic E-state index is 14.2. The third-order valence-corrected chi connectivity index (χ3v) is 2.53. The summed E-state index contributed by atoms with van der Waals surface area (Å²) in [6.07, 6.45) is 0. The molecule has 1 aromatic rings. The van der Waals surface area contributed by atoms with Crippen molar-refractivity contribution in [3.63, 3.8) is 0 Å². The fraction of sp³-hybridized carbons (Fsp3) is 0.455. The Balaban J connectivity index is 3.08. The lowest BCUT2D eigenvalue weighted by Crippen LogP contribution is -2.49. The second kappa shape index (κ2) is 3.11. The van der Waals surface area contributed by atoms with Gasteiger partial charge in [-0.25, -0.2) is 4.39 Å². The number of benzene rings is 1. The molecule has 0 amide bonds. The van der Waals surface area contributed by atoms with Gasteiger partial charge in [0.05, 0.1) is 0 Å². The molecule has 0 saturated heterocycles. The molecule has 1 atom stereocenters. The molecule has 1 aromatic carbocycles. The Kier molecular flexibility index (Phi) is 2.44. The summed E-state index contributed by atoms with van der Waals surface area (Å²) in [4.78, 5) is 0. The third kappa shape index (κ3) is 1.89. The first-order chi connectivity index (χ1) is 5.86. The summed E-state index contributed by atoms with van der Waals surface area (Å²) < 4.78 is 14.2. The molecule has 2 heteroatoms. The molecule has 1 nitrogen and oxygen atoms in total. The molecule has 0 aliphatic carbocycles. The largest absolute Gasteiger partial charge is 0.323 e. The van der Waals surface area contributed by atoms with Gasteiger partial charge in [0.15, 0.2) is 0 Å². The molecule has 0 aromatic heterocycles. The van der Waals surface area contributed by atoms with E-state index in [2.05, 4.69) is 0 Å². The van der Waals surface area contributed by atoms with Crippen LogP contribution < -0.4 is 5.73 Å². The van der Waals surface area contributed by atoms with Gasteiger partial charge in [-0.1, -0.05) is 30.3 Å². The van der Waals surface area contributed by atoms with Crippen LogP contribution in [0.4, 0.5) is 4.39 Å². The van der Waals surface area contributed by atoms with Gasteiger partial charge in [0, 0.05) is 5.54 Å². The Morgan fingerprint density at radius 1 is 1.08 bits per heavy atom. The molecule has 1 unspecified atom stereocenters. The second-order valence-corrected chi connectivity index (χ2v) is 4.09. The van der Waals surface area contributed by atoms with E-state index in [1.54, 1.807) is 26.0 Å². The van der Waals surface area contributed by atoms with Crippen LogP contribution in [0, 0.1) is 0 Å². The van der Waals surface area contributed by atoms with E-state index >= 15 is 0 Å². The highest BCUT2D eigenvalue weighted by atomic mass is 19.1. The first-order valence-corrected chi connectivity index (χ1v) is 4.39. The number of halogens is 1. The van der Waals surface area contributed by atoms with E-state index in [1.807, 2.05) is 18.2 Å². The van der Waals surface area contributed by atoms with Gasteiger partial charge < -0.3 is 5.73 Å². The predicted molar refractivity (Wildman–Crippen MR) is 53.2 cm³/mol. The van der Waals surface area contributed by atoms with E-state index in [0.717, 1.165) is 0 Å². The van der Waals surface area contributed by atoms with Crippen molar-refractivity contribution in [1.29, 1.82) is 0 Å². The van der Waals surface area contributed by atoms with Crippen LogP contribution in [0.1, 0.15) is 26.3 Å². The van der Waals surface area contributed by atoms with Gasteiger partial charge in [0.2, 0.25) is 0 Å². The molecule has 0 heterocycles. The van der Waals surface area contributed by atoms with Crippen LogP contribution >= 0.6 is 0 Å². The van der Waals surface area contributed by atoms with Gasteiger partial charge in [-0.15, -0.1) is 0 Å². The summed E-state index contributed by atoms with van der Waals surface area (Å²) in [6, 6.07) is 9.02. The van der Waals surface area contributed by atoms with Crippen LogP contribution in [0.15, 0.2) is 30.3 Å². The maximum Gasteiger partial charge on any atom is 0.150 e. The normalized spacial score (nSPS) is 16.7. The number of nitrogens with two attached hydrogens (primary N) is 1. The Labute approximate surface area is 78.8 Å². The molecule has 13 heavy (non-hydrogen) atoms. The minimum absolute atomic E-state index is 0.627. The highest BCUT2D eigenvalue weighted by molar-refractivity contribution is 5.25. The molecule has 0 saturated carbocycles. The van der Waals surface area contributed by atoms with Crippen LogP contribution in [0.25, 0.3) is 0 Å². The molecule has 0 radical (unpaired) electrons. The predicted octanol–water partition coefficient (Wildman–Crippen LogP) is 2.61. The van der Waals surface area contributed by atoms with Crippen LogP contribution in [-0.2, 0) is 5.67 Å². The van der Waals surface area contributed by atoms with Gasteiger partial charge in [0.1, 0.15) is 5.67 Å². The fourth-order valence-electron chi connectivity index (χ4n) is 1.12. The topological polar surface area (TPSA) is 26.0 Å². The number of hydrogen-bond acceptors (Lipinski definition) is 1. The van der Waals surface area contributed by atoms with E-state index in [1.165, 1.54) is 6.92 Å². The average molecular weight is 181 g/mol. The molecule has 0 aliphatic heterocycles. The van der Waals surface area contributed by atoms with Gasteiger partial charge >= 0.3 is 0 Å². The first-order valence-electron chi connectivity index (χ1n) is 4.39. The summed E-state index contributed by atoms with van der Waals surface area (Å²) in [6.45, 7) is 4.91. The van der Waals surface area contributed by atoms with Crippen LogP contribution in [-0.4, -0.2) is 5.54 Å². The Morgan fingerprint density at radius 3 is 1.92 bits per heavy atom. The fourth-order valence-corrected chi connectivity index (χ4v) is 1.12. The SMILES string of the molecule is CC(C)(N)C(C)(F)c1ccccc1. The minimum atomic E-state index is -1.49. The monoisotopic (exact) mass is 181 g/mol. The molecule has 0 spiro atoms. The lowest BCUT2D eigenvalue weighted by Gasteiger charge is -2.34. The van der Waals surface area contributed by atoms with Crippen molar-refractivity contribution < 1.29 is 4.39 Å². The van der Waals surface area contributed by atoms with E-state index in [9.17, 15) is 4.39 Å². The summed E-state index contributed by atoms with van der Waals surface area (Å²) in [5.41, 5.74) is 4.04. The van der Waals surface area contributed by atoms with Crippen LogP contribution in [0.2, 0.25) is 0 Å².